The summed E-state index contributed by atoms with van der Waals surface area (Å²) >= 11 is 0. The third kappa shape index (κ3) is 5.51. The summed E-state index contributed by atoms with van der Waals surface area (Å²) in [6.07, 6.45) is 0. The molecule has 5 nitrogen and oxygen atoms in total. The topological polar surface area (TPSA) is 60.8 Å². The number of hydrogen-bond donors (Lipinski definition) is 0. The van der Waals surface area contributed by atoms with E-state index in [4.69, 9.17) is 24.7 Å². The van der Waals surface area contributed by atoms with E-state index in [-0.39, 0.29) is 0 Å². The first-order valence-corrected chi connectivity index (χ1v) is 21.6. The van der Waals surface area contributed by atoms with E-state index in [1.807, 2.05) is 36.4 Å². The first-order valence-electron chi connectivity index (χ1n) is 21.6. The third-order valence-corrected chi connectivity index (χ3v) is 13.0. The highest BCUT2D eigenvalue weighted by atomic mass is 16.5. The second-order valence-corrected chi connectivity index (χ2v) is 16.5. The van der Waals surface area contributed by atoms with Crippen molar-refractivity contribution in [2.45, 2.75) is 5.41 Å². The summed E-state index contributed by atoms with van der Waals surface area (Å²) in [5.41, 5.74) is 14.5. The van der Waals surface area contributed by atoms with Crippen LogP contribution in [0, 0.1) is 0 Å². The third-order valence-electron chi connectivity index (χ3n) is 13.0. The quantitative estimate of drug-likeness (QED) is 0.162. The summed E-state index contributed by atoms with van der Waals surface area (Å²) in [4.78, 5) is 20.6. The lowest BCUT2D eigenvalue weighted by atomic mass is 9.65. The summed E-state index contributed by atoms with van der Waals surface area (Å²) in [6.45, 7) is 0. The number of hydrogen-bond acceptors (Lipinski definition) is 5. The van der Waals surface area contributed by atoms with Gasteiger partial charge in [0, 0.05) is 44.2 Å². The first kappa shape index (κ1) is 36.1. The molecule has 0 radical (unpaired) electrons. The minimum atomic E-state index is -0.567. The van der Waals surface area contributed by atoms with Crippen LogP contribution in [0.15, 0.2) is 218 Å². The molecule has 64 heavy (non-hydrogen) atoms. The van der Waals surface area contributed by atoms with Crippen molar-refractivity contribution in [3.8, 4) is 79.2 Å². The molecule has 2 aliphatic rings. The Bertz CT molecular complexity index is 3600. The standard InChI is InChI=1S/C59H36N4O/c1-3-16-37(17-4-1)41-20-15-21-42(34-41)58-62-56(39-18-5-2-6-19-39)61-57(63-58)40-32-30-38(31-33-40)55-47-36-54-51(35-46(47)45-24-9-13-28-52(45)60-55)59(50-27-12-14-29-53(50)64-54)48-25-10-7-22-43(48)44-23-8-11-26-49(44)59/h1-36H. The van der Waals surface area contributed by atoms with Gasteiger partial charge in [-0.3, -0.25) is 0 Å². The molecular formula is C59H36N4O. The molecular weight excluding hydrogens is 781 g/mol. The minimum Gasteiger partial charge on any atom is -0.457 e. The minimum absolute atomic E-state index is 0.567. The molecule has 0 bridgehead atoms. The fourth-order valence-corrected chi connectivity index (χ4v) is 10.1. The van der Waals surface area contributed by atoms with Gasteiger partial charge >= 0.3 is 0 Å². The Kier molecular flexibility index (Phi) is 8.06. The Labute approximate surface area is 370 Å². The largest absolute Gasteiger partial charge is 0.457 e. The summed E-state index contributed by atoms with van der Waals surface area (Å²) in [5.74, 6) is 3.52. The van der Waals surface area contributed by atoms with Gasteiger partial charge < -0.3 is 4.74 Å². The number of nitrogens with zero attached hydrogens (tertiary/aromatic N) is 4. The Morgan fingerprint density at radius 3 is 1.55 bits per heavy atom. The predicted octanol–water partition coefficient (Wildman–Crippen LogP) is 14.4. The molecule has 1 aliphatic carbocycles. The van der Waals surface area contributed by atoms with Crippen molar-refractivity contribution >= 4 is 21.7 Å². The second-order valence-electron chi connectivity index (χ2n) is 16.5. The summed E-state index contributed by atoms with van der Waals surface area (Å²) in [6, 6.07) is 76.6. The van der Waals surface area contributed by atoms with Gasteiger partial charge in [0.05, 0.1) is 16.6 Å². The molecule has 3 heterocycles. The van der Waals surface area contributed by atoms with Crippen molar-refractivity contribution in [1.29, 1.82) is 0 Å². The van der Waals surface area contributed by atoms with E-state index in [9.17, 15) is 0 Å². The first-order chi connectivity index (χ1) is 31.7. The van der Waals surface area contributed by atoms with Crippen molar-refractivity contribution in [1.82, 2.24) is 19.9 Å². The highest BCUT2D eigenvalue weighted by molar-refractivity contribution is 6.12. The molecule has 5 heteroatoms. The van der Waals surface area contributed by atoms with E-state index in [0.29, 0.717) is 17.5 Å². The SMILES string of the molecule is c1ccc(-c2cccc(-c3nc(-c4ccccc4)nc(-c4ccc(-c5nc6ccccc6c6cc7c(cc56)Oc5ccccc5C75c6ccccc6-c6ccccc65)cc4)n3)c2)cc1. The van der Waals surface area contributed by atoms with Gasteiger partial charge in [0.2, 0.25) is 0 Å². The molecule has 0 fully saturated rings. The molecule has 0 amide bonds. The molecule has 0 saturated carbocycles. The molecule has 1 aliphatic heterocycles. The zero-order valence-electron chi connectivity index (χ0n) is 34.5. The van der Waals surface area contributed by atoms with Crippen molar-refractivity contribution in [2.75, 3.05) is 0 Å². The Morgan fingerprint density at radius 1 is 0.297 bits per heavy atom. The smallest absolute Gasteiger partial charge is 0.164 e. The van der Waals surface area contributed by atoms with Gasteiger partial charge in [-0.05, 0) is 69.1 Å². The molecule has 0 saturated heterocycles. The van der Waals surface area contributed by atoms with E-state index >= 15 is 0 Å². The summed E-state index contributed by atoms with van der Waals surface area (Å²) in [5, 5.41) is 3.24. The Morgan fingerprint density at radius 2 is 0.828 bits per heavy atom. The van der Waals surface area contributed by atoms with Crippen LogP contribution in [-0.2, 0) is 5.41 Å². The zero-order valence-corrected chi connectivity index (χ0v) is 34.5. The maximum atomic E-state index is 6.96. The number of ether oxygens (including phenoxy) is 1. The van der Waals surface area contributed by atoms with Crippen molar-refractivity contribution in [3.05, 3.63) is 241 Å². The molecule has 11 aromatic rings. The van der Waals surface area contributed by atoms with Crippen LogP contribution in [0.4, 0.5) is 0 Å². The van der Waals surface area contributed by atoms with Crippen molar-refractivity contribution in [3.63, 3.8) is 0 Å². The number of para-hydroxylation sites is 2. The molecule has 0 N–H and O–H groups in total. The monoisotopic (exact) mass is 816 g/mol. The van der Waals surface area contributed by atoms with E-state index in [1.54, 1.807) is 0 Å². The lowest BCUT2D eigenvalue weighted by molar-refractivity contribution is 0.437. The Balaban J connectivity index is 0.978. The van der Waals surface area contributed by atoms with Crippen LogP contribution in [0.5, 0.6) is 11.5 Å². The molecule has 9 aromatic carbocycles. The lowest BCUT2D eigenvalue weighted by Crippen LogP contribution is -2.32. The number of pyridine rings is 1. The van der Waals surface area contributed by atoms with Crippen LogP contribution < -0.4 is 4.74 Å². The molecule has 0 unspecified atom stereocenters. The number of aromatic nitrogens is 4. The van der Waals surface area contributed by atoms with Gasteiger partial charge in [0.15, 0.2) is 17.5 Å². The Hall–Kier alpha value is -8.54. The van der Waals surface area contributed by atoms with Gasteiger partial charge in [-0.15, -0.1) is 0 Å². The fraction of sp³-hybridized carbons (Fsp3) is 0.0169. The van der Waals surface area contributed by atoms with Gasteiger partial charge in [0.1, 0.15) is 11.5 Å². The maximum absolute atomic E-state index is 6.96. The van der Waals surface area contributed by atoms with Crippen LogP contribution >= 0.6 is 0 Å². The van der Waals surface area contributed by atoms with Gasteiger partial charge in [-0.25, -0.2) is 19.9 Å². The predicted molar refractivity (Wildman–Crippen MR) is 257 cm³/mol. The van der Waals surface area contributed by atoms with E-state index in [2.05, 4.69) is 182 Å². The number of rotatable bonds is 5. The van der Waals surface area contributed by atoms with Gasteiger partial charge in [-0.2, -0.15) is 0 Å². The fourth-order valence-electron chi connectivity index (χ4n) is 10.1. The van der Waals surface area contributed by atoms with Crippen molar-refractivity contribution in [2.24, 2.45) is 0 Å². The van der Waals surface area contributed by atoms with Crippen LogP contribution in [-0.4, -0.2) is 19.9 Å². The van der Waals surface area contributed by atoms with Crippen LogP contribution in [0.1, 0.15) is 22.3 Å². The van der Waals surface area contributed by atoms with Crippen LogP contribution in [0.3, 0.4) is 0 Å². The van der Waals surface area contributed by atoms with Crippen molar-refractivity contribution < 1.29 is 4.74 Å². The summed E-state index contributed by atoms with van der Waals surface area (Å²) in [7, 11) is 0. The normalized spacial score (nSPS) is 12.9. The second kappa shape index (κ2) is 14.3. The van der Waals surface area contributed by atoms with Gasteiger partial charge in [-0.1, -0.05) is 188 Å². The molecule has 298 valence electrons. The van der Waals surface area contributed by atoms with Gasteiger partial charge in [0.25, 0.3) is 0 Å². The summed E-state index contributed by atoms with van der Waals surface area (Å²) < 4.78 is 6.96. The van der Waals surface area contributed by atoms with E-state index in [1.165, 1.54) is 22.3 Å². The average molecular weight is 817 g/mol. The molecule has 2 aromatic heterocycles. The lowest BCUT2D eigenvalue weighted by Gasteiger charge is -2.39. The van der Waals surface area contributed by atoms with E-state index < -0.39 is 5.41 Å². The van der Waals surface area contributed by atoms with Crippen LogP contribution in [0.25, 0.3) is 89.4 Å². The number of fused-ring (bicyclic) bond motifs is 12. The zero-order chi connectivity index (χ0) is 42.2. The number of benzene rings is 9. The average Bonchev–Trinajstić information content (AvgIpc) is 3.66. The molecule has 1 spiro atoms. The van der Waals surface area contributed by atoms with E-state index in [0.717, 1.165) is 83.4 Å². The highest BCUT2D eigenvalue weighted by Gasteiger charge is 2.51. The van der Waals surface area contributed by atoms with Crippen LogP contribution in [0.2, 0.25) is 0 Å². The molecule has 0 atom stereocenters. The highest BCUT2D eigenvalue weighted by Crippen LogP contribution is 2.62. The molecule has 13 rings (SSSR count). The maximum Gasteiger partial charge on any atom is 0.164 e.